The molecule has 1 rings (SSSR count). The van der Waals surface area contributed by atoms with Crippen LogP contribution in [0.5, 0.6) is 0 Å². The molecule has 6 heteroatoms. The molecule has 0 aliphatic rings. The van der Waals surface area contributed by atoms with E-state index in [1.165, 1.54) is 0 Å². The molecule has 0 nitrogen and oxygen atoms in total. The predicted octanol–water partition coefficient (Wildman–Crippen LogP) is -2.05. The summed E-state index contributed by atoms with van der Waals surface area (Å²) in [7, 11) is 0. The summed E-state index contributed by atoms with van der Waals surface area (Å²) in [5, 5.41) is 0. The normalized spacial score (nSPS) is 11.0. The van der Waals surface area contributed by atoms with Crippen LogP contribution >= 0.6 is 0 Å². The van der Waals surface area contributed by atoms with Crippen LogP contribution in [0.15, 0.2) is 0 Å². The molecule has 1 aromatic carbocycles. The van der Waals surface area contributed by atoms with Gasteiger partial charge in [-0.1, -0.05) is 0 Å². The summed E-state index contributed by atoms with van der Waals surface area (Å²) in [6.07, 6.45) is 0. The fraction of sp³-hybridized carbons (Fsp3) is 0.500. The van der Waals surface area contributed by atoms with Gasteiger partial charge in [0, 0.05) is 0 Å². The summed E-state index contributed by atoms with van der Waals surface area (Å²) in [6, 6.07) is 0. The van der Waals surface area contributed by atoms with E-state index in [0.717, 1.165) is 0 Å². The van der Waals surface area contributed by atoms with Crippen molar-refractivity contribution in [2.24, 2.45) is 0 Å². The standard InChI is InChI=1S/C12H18Te6/c1-13-7-8(14-2)10(16-4)12(18-6)11(17-5)9(7)15-3/h1-6H3. The van der Waals surface area contributed by atoms with Crippen molar-refractivity contribution in [1.29, 1.82) is 0 Å². The van der Waals surface area contributed by atoms with E-state index >= 15 is 0 Å². The molecule has 0 aliphatic heterocycles. The van der Waals surface area contributed by atoms with Crippen molar-refractivity contribution in [3.8, 4) is 0 Å². The van der Waals surface area contributed by atoms with Crippen LogP contribution in [0.2, 0.25) is 29.8 Å². The maximum atomic E-state index is 2.53. The fourth-order valence-electron chi connectivity index (χ4n) is 1.73. The number of hydrogen-bond acceptors (Lipinski definition) is 0. The Kier molecular flexibility index (Phi) is 11.9. The molecule has 0 bridgehead atoms. The zero-order valence-electron chi connectivity index (χ0n) is 11.4. The van der Waals surface area contributed by atoms with Crippen LogP contribution in [-0.2, 0) is 0 Å². The Labute approximate surface area is 173 Å². The molecule has 0 N–H and O–H groups in total. The van der Waals surface area contributed by atoms with E-state index in [-0.39, 0.29) is 126 Å². The van der Waals surface area contributed by atoms with E-state index < -0.39 is 0 Å². The Morgan fingerprint density at radius 2 is 0.444 bits per heavy atom. The third kappa shape index (κ3) is 4.49. The molecule has 18 heavy (non-hydrogen) atoms. The molecule has 0 spiro atoms. The number of hydrogen-bond donors (Lipinski definition) is 0. The average Bonchev–Trinajstić information content (AvgIpc) is 2.43. The first kappa shape index (κ1) is 20.0. The van der Waals surface area contributed by atoms with E-state index in [4.69, 9.17) is 0 Å². The van der Waals surface area contributed by atoms with Gasteiger partial charge >= 0.3 is 177 Å². The van der Waals surface area contributed by atoms with Gasteiger partial charge in [-0.2, -0.15) is 0 Å². The molecule has 0 aliphatic carbocycles. The summed E-state index contributed by atoms with van der Waals surface area (Å²) in [5.41, 5.74) is 0. The molecule has 0 heterocycles. The quantitative estimate of drug-likeness (QED) is 0.289. The summed E-state index contributed by atoms with van der Waals surface area (Å²) >= 11 is 0.770. The van der Waals surface area contributed by atoms with E-state index in [1.807, 2.05) is 21.7 Å². The van der Waals surface area contributed by atoms with Crippen molar-refractivity contribution >= 4 is 147 Å². The Morgan fingerprint density at radius 1 is 0.333 bits per heavy atom. The Hall–Kier alpha value is 3.96. The molecule has 0 saturated heterocycles. The van der Waals surface area contributed by atoms with Crippen LogP contribution in [0.1, 0.15) is 0 Å². The van der Waals surface area contributed by atoms with E-state index in [9.17, 15) is 0 Å². The Bertz CT molecular complexity index is 295. The molecule has 0 amide bonds. The molecule has 1 aromatic rings. The van der Waals surface area contributed by atoms with Gasteiger partial charge in [-0.05, 0) is 0 Å². The van der Waals surface area contributed by atoms with Gasteiger partial charge in [0.1, 0.15) is 0 Å². The minimum absolute atomic E-state index is 0.128. The second kappa shape index (κ2) is 10.7. The SMILES string of the molecule is C[Te]c1c([Te]C)c([Te]C)c([Te]C)c([Te]C)c1[Te]C. The molecule has 0 atom stereocenters. The molecular formula is C12H18Te6. The van der Waals surface area contributed by atoms with Crippen LogP contribution in [0.4, 0.5) is 0 Å². The Balaban J connectivity index is 3.71. The van der Waals surface area contributed by atoms with Gasteiger partial charge in [0.25, 0.3) is 0 Å². The monoisotopic (exact) mass is 942 g/mol. The fourth-order valence-corrected chi connectivity index (χ4v) is 34.5. The zero-order valence-corrected chi connectivity index (χ0v) is 25.4. The van der Waals surface area contributed by atoms with Gasteiger partial charge in [0.2, 0.25) is 0 Å². The van der Waals surface area contributed by atoms with E-state index in [0.29, 0.717) is 0 Å². The molecular weight excluding hydrogens is 910 g/mol. The van der Waals surface area contributed by atoms with Crippen molar-refractivity contribution in [1.82, 2.24) is 0 Å². The summed E-state index contributed by atoms with van der Waals surface area (Å²) in [5.74, 6) is 0. The maximum absolute atomic E-state index is 2.53. The molecule has 0 fully saturated rings. The molecule has 0 saturated carbocycles. The number of benzene rings is 1. The molecule has 0 aromatic heterocycles. The van der Waals surface area contributed by atoms with Gasteiger partial charge in [-0.25, -0.2) is 0 Å². The van der Waals surface area contributed by atoms with Gasteiger partial charge < -0.3 is 0 Å². The van der Waals surface area contributed by atoms with Crippen molar-refractivity contribution < 1.29 is 0 Å². The zero-order chi connectivity index (χ0) is 13.7. The van der Waals surface area contributed by atoms with Crippen molar-refractivity contribution in [2.75, 3.05) is 0 Å². The predicted molar refractivity (Wildman–Crippen MR) is 94.0 cm³/mol. The second-order valence-electron chi connectivity index (χ2n) is 3.20. The molecule has 0 radical (unpaired) electrons. The number of rotatable bonds is 6. The van der Waals surface area contributed by atoms with E-state index in [1.54, 1.807) is 0 Å². The van der Waals surface area contributed by atoms with Gasteiger partial charge in [-0.3, -0.25) is 0 Å². The summed E-state index contributed by atoms with van der Waals surface area (Å²) in [6.45, 7) is 0. The van der Waals surface area contributed by atoms with Crippen molar-refractivity contribution in [3.05, 3.63) is 0 Å². The molecule has 0 unspecified atom stereocenters. The van der Waals surface area contributed by atoms with Crippen molar-refractivity contribution in [2.45, 2.75) is 29.8 Å². The van der Waals surface area contributed by atoms with Crippen LogP contribution < -0.4 is 21.7 Å². The minimum atomic E-state index is 0.128. The topological polar surface area (TPSA) is 0 Å². The van der Waals surface area contributed by atoms with Crippen LogP contribution in [0.3, 0.4) is 0 Å². The third-order valence-corrected chi connectivity index (χ3v) is 23.9. The van der Waals surface area contributed by atoms with Crippen LogP contribution in [0.25, 0.3) is 0 Å². The summed E-state index contributed by atoms with van der Waals surface area (Å²) in [4.78, 5) is 15.2. The average molecular weight is 928 g/mol. The Morgan fingerprint density at radius 3 is 0.500 bits per heavy atom. The van der Waals surface area contributed by atoms with Gasteiger partial charge in [-0.15, -0.1) is 0 Å². The van der Waals surface area contributed by atoms with Crippen molar-refractivity contribution in [3.63, 3.8) is 0 Å². The summed E-state index contributed by atoms with van der Waals surface area (Å²) < 4.78 is 11.9. The van der Waals surface area contributed by atoms with Crippen LogP contribution in [-0.4, -0.2) is 126 Å². The van der Waals surface area contributed by atoms with Gasteiger partial charge in [0.05, 0.1) is 0 Å². The first-order chi connectivity index (χ1) is 8.69. The third-order valence-electron chi connectivity index (χ3n) is 2.46. The second-order valence-corrected chi connectivity index (χ2v) is 17.2. The van der Waals surface area contributed by atoms with Gasteiger partial charge in [0.15, 0.2) is 0 Å². The van der Waals surface area contributed by atoms with Crippen LogP contribution in [0, 0.1) is 0 Å². The first-order valence-corrected chi connectivity index (χ1v) is 26.1. The first-order valence-electron chi connectivity index (χ1n) is 5.17. The molecule has 102 valence electrons. The van der Waals surface area contributed by atoms with E-state index in [2.05, 4.69) is 29.8 Å².